The van der Waals surface area contributed by atoms with Gasteiger partial charge in [-0.15, -0.1) is 0 Å². The molecule has 0 spiro atoms. The number of nitrogens with one attached hydrogen (secondary N) is 1. The lowest BCUT2D eigenvalue weighted by Crippen LogP contribution is -2.29. The minimum absolute atomic E-state index is 0.0459. The van der Waals surface area contributed by atoms with Gasteiger partial charge in [0.1, 0.15) is 5.75 Å². The van der Waals surface area contributed by atoms with Crippen molar-refractivity contribution in [1.29, 1.82) is 0 Å². The van der Waals surface area contributed by atoms with Crippen molar-refractivity contribution in [3.05, 3.63) is 29.8 Å². The van der Waals surface area contributed by atoms with Crippen LogP contribution in [0, 0.1) is 0 Å². The van der Waals surface area contributed by atoms with Gasteiger partial charge in [-0.1, -0.05) is 24.2 Å². The highest BCUT2D eigenvalue weighted by Crippen LogP contribution is 2.18. The molecule has 5 nitrogen and oxygen atoms in total. The Labute approximate surface area is 106 Å². The number of para-hydroxylation sites is 1. The van der Waals surface area contributed by atoms with E-state index in [0.717, 1.165) is 6.42 Å². The van der Waals surface area contributed by atoms with Gasteiger partial charge in [-0.2, -0.15) is 0 Å². The normalized spacial score (nSPS) is 11.1. The molecule has 1 aromatic rings. The summed E-state index contributed by atoms with van der Waals surface area (Å²) < 4.78 is 5.41. The van der Waals surface area contributed by atoms with Crippen molar-refractivity contribution in [2.45, 2.75) is 20.3 Å². The third kappa shape index (κ3) is 4.08. The van der Waals surface area contributed by atoms with Gasteiger partial charge >= 0.3 is 0 Å². The monoisotopic (exact) mass is 250 g/mol. The summed E-state index contributed by atoms with van der Waals surface area (Å²) in [6, 6.07) is 7.12. The van der Waals surface area contributed by atoms with Crippen molar-refractivity contribution in [3.8, 4) is 5.75 Å². The van der Waals surface area contributed by atoms with E-state index in [0.29, 0.717) is 23.6 Å². The molecule has 0 saturated heterocycles. The van der Waals surface area contributed by atoms with E-state index in [4.69, 9.17) is 9.94 Å². The number of amides is 1. The Morgan fingerprint density at radius 3 is 2.83 bits per heavy atom. The smallest absolute Gasteiger partial charge is 0.257 e. The van der Waals surface area contributed by atoms with E-state index in [2.05, 4.69) is 10.5 Å². The molecule has 0 unspecified atom stereocenters. The number of carbonyl (C=O) groups is 1. The van der Waals surface area contributed by atoms with E-state index in [1.54, 1.807) is 25.1 Å². The average molecular weight is 250 g/mol. The number of hydrogen-bond donors (Lipinski definition) is 2. The van der Waals surface area contributed by atoms with Crippen molar-refractivity contribution in [2.24, 2.45) is 5.16 Å². The van der Waals surface area contributed by atoms with Gasteiger partial charge in [-0.3, -0.25) is 4.79 Å². The van der Waals surface area contributed by atoms with Gasteiger partial charge in [0, 0.05) is 12.1 Å². The van der Waals surface area contributed by atoms with E-state index >= 15 is 0 Å². The van der Waals surface area contributed by atoms with Gasteiger partial charge in [-0.05, 0) is 25.5 Å². The van der Waals surface area contributed by atoms with Crippen LogP contribution in [0.2, 0.25) is 0 Å². The first-order valence-corrected chi connectivity index (χ1v) is 5.86. The molecule has 0 atom stereocenters. The fourth-order valence-corrected chi connectivity index (χ4v) is 1.40. The molecule has 18 heavy (non-hydrogen) atoms. The maximum Gasteiger partial charge on any atom is 0.257 e. The summed E-state index contributed by atoms with van der Waals surface area (Å²) in [6.45, 7) is 4.24. The number of oxime groups is 1. The number of hydrogen-bond acceptors (Lipinski definition) is 4. The Morgan fingerprint density at radius 2 is 2.17 bits per heavy atom. The molecule has 0 fully saturated rings. The van der Waals surface area contributed by atoms with Gasteiger partial charge < -0.3 is 15.3 Å². The molecule has 0 radical (unpaired) electrons. The van der Waals surface area contributed by atoms with Crippen molar-refractivity contribution in [1.82, 2.24) is 5.32 Å². The van der Waals surface area contributed by atoms with Crippen LogP contribution >= 0.6 is 0 Å². The van der Waals surface area contributed by atoms with E-state index in [1.807, 2.05) is 13.0 Å². The van der Waals surface area contributed by atoms with Crippen LogP contribution in [-0.2, 0) is 4.79 Å². The first-order chi connectivity index (χ1) is 8.69. The van der Waals surface area contributed by atoms with Crippen molar-refractivity contribution in [3.63, 3.8) is 0 Å². The van der Waals surface area contributed by atoms with Crippen LogP contribution in [0.5, 0.6) is 5.75 Å². The van der Waals surface area contributed by atoms with Gasteiger partial charge in [0.05, 0.1) is 5.71 Å². The highest BCUT2D eigenvalue weighted by Gasteiger charge is 2.08. The lowest BCUT2D eigenvalue weighted by atomic mass is 10.1. The molecule has 1 amide bonds. The molecule has 0 saturated carbocycles. The number of carbonyl (C=O) groups excluding carboxylic acids is 1. The fourth-order valence-electron chi connectivity index (χ4n) is 1.40. The highest BCUT2D eigenvalue weighted by molar-refractivity contribution is 6.00. The number of nitrogens with zero attached hydrogens (tertiary/aromatic N) is 1. The standard InChI is InChI=1S/C13H18N2O3/c1-3-8-14-13(16)9-18-12-7-5-4-6-11(12)10(2)15-17/h4-7,17H,3,8-9H2,1-2H3,(H,14,16)/b15-10+. The molecule has 2 N–H and O–H groups in total. The molecule has 1 rings (SSSR count). The molecular formula is C13H18N2O3. The number of rotatable bonds is 6. The Balaban J connectivity index is 2.65. The summed E-state index contributed by atoms with van der Waals surface area (Å²) in [5.74, 6) is 0.365. The zero-order valence-electron chi connectivity index (χ0n) is 10.6. The zero-order chi connectivity index (χ0) is 13.4. The first kappa shape index (κ1) is 14.0. The van der Waals surface area contributed by atoms with Crippen LogP contribution in [0.3, 0.4) is 0 Å². The SMILES string of the molecule is CCCNC(=O)COc1ccccc1/C(C)=N/O. The summed E-state index contributed by atoms with van der Waals surface area (Å²) in [5.41, 5.74) is 1.11. The third-order valence-electron chi connectivity index (χ3n) is 2.36. The van der Waals surface area contributed by atoms with E-state index in [-0.39, 0.29) is 12.5 Å². The van der Waals surface area contributed by atoms with Crippen LogP contribution in [0.15, 0.2) is 29.4 Å². The second-order valence-electron chi connectivity index (χ2n) is 3.82. The molecule has 0 aliphatic rings. The van der Waals surface area contributed by atoms with Crippen LogP contribution in [0.1, 0.15) is 25.8 Å². The van der Waals surface area contributed by atoms with Crippen molar-refractivity contribution < 1.29 is 14.7 Å². The zero-order valence-corrected chi connectivity index (χ0v) is 10.6. The fraction of sp³-hybridized carbons (Fsp3) is 0.385. The molecule has 0 bridgehead atoms. The summed E-state index contributed by atoms with van der Waals surface area (Å²) in [4.78, 5) is 11.4. The molecule has 0 aliphatic carbocycles. The van der Waals surface area contributed by atoms with Crippen molar-refractivity contribution >= 4 is 11.6 Å². The van der Waals surface area contributed by atoms with E-state index < -0.39 is 0 Å². The summed E-state index contributed by atoms with van der Waals surface area (Å²) in [5, 5.41) is 14.6. The van der Waals surface area contributed by atoms with Gasteiger partial charge in [0.2, 0.25) is 0 Å². The van der Waals surface area contributed by atoms with E-state index in [1.165, 1.54) is 0 Å². The van der Waals surface area contributed by atoms with E-state index in [9.17, 15) is 4.79 Å². The molecule has 98 valence electrons. The van der Waals surface area contributed by atoms with Crippen LogP contribution in [0.25, 0.3) is 0 Å². The molecular weight excluding hydrogens is 232 g/mol. The largest absolute Gasteiger partial charge is 0.483 e. The minimum Gasteiger partial charge on any atom is -0.483 e. The maximum absolute atomic E-state index is 11.4. The predicted octanol–water partition coefficient (Wildman–Crippen LogP) is 1.79. The number of ether oxygens (including phenoxy) is 1. The summed E-state index contributed by atoms with van der Waals surface area (Å²) >= 11 is 0. The minimum atomic E-state index is -0.162. The van der Waals surface area contributed by atoms with Crippen molar-refractivity contribution in [2.75, 3.05) is 13.2 Å². The molecule has 0 heterocycles. The predicted molar refractivity (Wildman–Crippen MR) is 69.2 cm³/mol. The molecule has 0 aliphatic heterocycles. The highest BCUT2D eigenvalue weighted by atomic mass is 16.5. The average Bonchev–Trinajstić information content (AvgIpc) is 2.42. The first-order valence-electron chi connectivity index (χ1n) is 5.86. The topological polar surface area (TPSA) is 70.9 Å². The quantitative estimate of drug-likeness (QED) is 0.459. The Bertz CT molecular complexity index is 430. The van der Waals surface area contributed by atoms with Gasteiger partial charge in [0.25, 0.3) is 5.91 Å². The lowest BCUT2D eigenvalue weighted by Gasteiger charge is -2.10. The molecule has 5 heteroatoms. The van der Waals surface area contributed by atoms with Crippen LogP contribution in [0.4, 0.5) is 0 Å². The van der Waals surface area contributed by atoms with Crippen LogP contribution < -0.4 is 10.1 Å². The second-order valence-corrected chi connectivity index (χ2v) is 3.82. The van der Waals surface area contributed by atoms with Gasteiger partial charge in [0.15, 0.2) is 6.61 Å². The summed E-state index contributed by atoms with van der Waals surface area (Å²) in [7, 11) is 0. The Morgan fingerprint density at radius 1 is 1.44 bits per heavy atom. The maximum atomic E-state index is 11.4. The van der Waals surface area contributed by atoms with Gasteiger partial charge in [-0.25, -0.2) is 0 Å². The molecule has 1 aromatic carbocycles. The number of benzene rings is 1. The third-order valence-corrected chi connectivity index (χ3v) is 2.36. The molecule has 0 aromatic heterocycles. The Hall–Kier alpha value is -2.04. The lowest BCUT2D eigenvalue weighted by molar-refractivity contribution is -0.123. The Kier molecular flexibility index (Phi) is 5.70. The summed E-state index contributed by atoms with van der Waals surface area (Å²) in [6.07, 6.45) is 0.888. The van der Waals surface area contributed by atoms with Crippen LogP contribution in [-0.4, -0.2) is 30.0 Å². The second kappa shape index (κ2) is 7.32.